The van der Waals surface area contributed by atoms with Gasteiger partial charge in [0.1, 0.15) is 5.75 Å². The van der Waals surface area contributed by atoms with E-state index in [1.807, 2.05) is 18.2 Å². The summed E-state index contributed by atoms with van der Waals surface area (Å²) in [5.74, 6) is 0.860. The Balaban J connectivity index is 2.35. The highest BCUT2D eigenvalue weighted by Gasteiger charge is 2.18. The SMILES string of the molecule is CCc1ccccc1C(CN)N(C)c1cccc(OC)c1. The lowest BCUT2D eigenvalue weighted by molar-refractivity contribution is 0.414. The van der Waals surface area contributed by atoms with Crippen molar-refractivity contribution < 1.29 is 4.74 Å². The molecule has 3 heteroatoms. The van der Waals surface area contributed by atoms with Crippen LogP contribution in [0.5, 0.6) is 5.75 Å². The number of rotatable bonds is 6. The zero-order valence-electron chi connectivity index (χ0n) is 13.0. The van der Waals surface area contributed by atoms with Crippen LogP contribution in [0.2, 0.25) is 0 Å². The van der Waals surface area contributed by atoms with Crippen LogP contribution < -0.4 is 15.4 Å². The van der Waals surface area contributed by atoms with Gasteiger partial charge in [-0.1, -0.05) is 37.3 Å². The number of ether oxygens (including phenoxy) is 1. The van der Waals surface area contributed by atoms with E-state index in [0.717, 1.165) is 17.9 Å². The van der Waals surface area contributed by atoms with Gasteiger partial charge in [0.2, 0.25) is 0 Å². The number of benzene rings is 2. The summed E-state index contributed by atoms with van der Waals surface area (Å²) >= 11 is 0. The van der Waals surface area contributed by atoms with Gasteiger partial charge in [-0.2, -0.15) is 0 Å². The Hall–Kier alpha value is -2.00. The molecule has 0 aromatic heterocycles. The van der Waals surface area contributed by atoms with Crippen molar-refractivity contribution in [3.63, 3.8) is 0 Å². The first-order valence-electron chi connectivity index (χ1n) is 7.36. The lowest BCUT2D eigenvalue weighted by Crippen LogP contribution is -2.31. The minimum atomic E-state index is 0.160. The third kappa shape index (κ3) is 3.37. The molecule has 0 aliphatic heterocycles. The highest BCUT2D eigenvalue weighted by Crippen LogP contribution is 2.29. The van der Waals surface area contributed by atoms with Crippen LogP contribution in [0.1, 0.15) is 24.1 Å². The van der Waals surface area contributed by atoms with Crippen LogP contribution >= 0.6 is 0 Å². The van der Waals surface area contributed by atoms with Crippen LogP contribution in [0.15, 0.2) is 48.5 Å². The van der Waals surface area contributed by atoms with Gasteiger partial charge in [-0.25, -0.2) is 0 Å². The second-order valence-corrected chi connectivity index (χ2v) is 5.12. The third-order valence-corrected chi connectivity index (χ3v) is 3.95. The first-order valence-corrected chi connectivity index (χ1v) is 7.36. The number of nitrogens with zero attached hydrogens (tertiary/aromatic N) is 1. The van der Waals surface area contributed by atoms with Crippen molar-refractivity contribution in [2.45, 2.75) is 19.4 Å². The normalized spacial score (nSPS) is 12.0. The quantitative estimate of drug-likeness (QED) is 0.883. The summed E-state index contributed by atoms with van der Waals surface area (Å²) in [5.41, 5.74) is 9.82. The van der Waals surface area contributed by atoms with E-state index >= 15 is 0 Å². The zero-order chi connectivity index (χ0) is 15.2. The lowest BCUT2D eigenvalue weighted by atomic mass is 9.97. The van der Waals surface area contributed by atoms with Crippen molar-refractivity contribution in [2.75, 3.05) is 25.6 Å². The first-order chi connectivity index (χ1) is 10.2. The molecule has 2 aromatic carbocycles. The number of anilines is 1. The van der Waals surface area contributed by atoms with Gasteiger partial charge >= 0.3 is 0 Å². The molecule has 2 rings (SSSR count). The highest BCUT2D eigenvalue weighted by atomic mass is 16.5. The summed E-state index contributed by atoms with van der Waals surface area (Å²) in [6, 6.07) is 16.8. The average Bonchev–Trinajstić information content (AvgIpc) is 2.56. The summed E-state index contributed by atoms with van der Waals surface area (Å²) < 4.78 is 5.31. The number of hydrogen-bond donors (Lipinski definition) is 1. The van der Waals surface area contributed by atoms with Gasteiger partial charge in [-0.3, -0.25) is 0 Å². The predicted molar refractivity (Wildman–Crippen MR) is 89.0 cm³/mol. The van der Waals surface area contributed by atoms with Gasteiger partial charge in [-0.15, -0.1) is 0 Å². The van der Waals surface area contributed by atoms with E-state index in [2.05, 4.69) is 49.2 Å². The summed E-state index contributed by atoms with van der Waals surface area (Å²) in [6.45, 7) is 2.75. The molecule has 0 aliphatic carbocycles. The molecule has 2 N–H and O–H groups in total. The van der Waals surface area contributed by atoms with Gasteiger partial charge in [0, 0.05) is 25.3 Å². The van der Waals surface area contributed by atoms with E-state index in [0.29, 0.717) is 6.54 Å². The summed E-state index contributed by atoms with van der Waals surface area (Å²) in [6.07, 6.45) is 1.01. The molecule has 0 aliphatic rings. The molecule has 21 heavy (non-hydrogen) atoms. The molecule has 0 spiro atoms. The minimum absolute atomic E-state index is 0.160. The zero-order valence-corrected chi connectivity index (χ0v) is 13.0. The Kier molecular flexibility index (Phi) is 5.23. The largest absolute Gasteiger partial charge is 0.497 e. The molecule has 0 radical (unpaired) electrons. The molecule has 1 atom stereocenters. The summed E-state index contributed by atoms with van der Waals surface area (Å²) in [7, 11) is 3.77. The monoisotopic (exact) mass is 284 g/mol. The van der Waals surface area contributed by atoms with Gasteiger partial charge in [-0.05, 0) is 29.7 Å². The van der Waals surface area contributed by atoms with Crippen LogP contribution in [0.3, 0.4) is 0 Å². The molecule has 0 fully saturated rings. The van der Waals surface area contributed by atoms with E-state index in [-0.39, 0.29) is 6.04 Å². The molecule has 0 bridgehead atoms. The van der Waals surface area contributed by atoms with Crippen LogP contribution in [-0.2, 0) is 6.42 Å². The second kappa shape index (κ2) is 7.14. The molecule has 0 amide bonds. The van der Waals surface area contributed by atoms with E-state index < -0.39 is 0 Å². The van der Waals surface area contributed by atoms with Gasteiger partial charge in [0.15, 0.2) is 0 Å². The van der Waals surface area contributed by atoms with Crippen LogP contribution in [0.4, 0.5) is 5.69 Å². The maximum atomic E-state index is 6.06. The van der Waals surface area contributed by atoms with Crippen LogP contribution in [0.25, 0.3) is 0 Å². The predicted octanol–water partition coefficient (Wildman–Crippen LogP) is 3.39. The molecule has 1 unspecified atom stereocenters. The standard InChI is InChI=1S/C18H24N2O/c1-4-14-8-5-6-11-17(14)18(13-19)20(2)15-9-7-10-16(12-15)21-3/h5-12,18H,4,13,19H2,1-3H3. The van der Waals surface area contributed by atoms with Crippen molar-refractivity contribution >= 4 is 5.69 Å². The summed E-state index contributed by atoms with van der Waals surface area (Å²) in [5, 5.41) is 0. The van der Waals surface area contributed by atoms with Crippen molar-refractivity contribution in [2.24, 2.45) is 5.73 Å². The van der Waals surface area contributed by atoms with Crippen molar-refractivity contribution in [1.82, 2.24) is 0 Å². The van der Waals surface area contributed by atoms with Gasteiger partial charge < -0.3 is 15.4 Å². The minimum Gasteiger partial charge on any atom is -0.497 e. The Bertz CT molecular complexity index is 583. The average molecular weight is 284 g/mol. The summed E-state index contributed by atoms with van der Waals surface area (Å²) in [4.78, 5) is 2.22. The fourth-order valence-electron chi connectivity index (χ4n) is 2.68. The molecule has 2 aromatic rings. The maximum Gasteiger partial charge on any atom is 0.120 e. The number of nitrogens with two attached hydrogens (primary N) is 1. The maximum absolute atomic E-state index is 6.06. The second-order valence-electron chi connectivity index (χ2n) is 5.12. The van der Waals surface area contributed by atoms with Crippen LogP contribution in [0, 0.1) is 0 Å². The number of aryl methyl sites for hydroxylation is 1. The van der Waals surface area contributed by atoms with Crippen molar-refractivity contribution in [3.8, 4) is 5.75 Å². The number of methoxy groups -OCH3 is 1. The highest BCUT2D eigenvalue weighted by molar-refractivity contribution is 5.52. The van der Waals surface area contributed by atoms with Crippen LogP contribution in [-0.4, -0.2) is 20.7 Å². The van der Waals surface area contributed by atoms with Crippen molar-refractivity contribution in [1.29, 1.82) is 0 Å². The van der Waals surface area contributed by atoms with E-state index in [1.54, 1.807) is 7.11 Å². The Morgan fingerprint density at radius 3 is 2.57 bits per heavy atom. The number of hydrogen-bond acceptors (Lipinski definition) is 3. The van der Waals surface area contributed by atoms with E-state index in [1.165, 1.54) is 11.1 Å². The topological polar surface area (TPSA) is 38.5 Å². The fraction of sp³-hybridized carbons (Fsp3) is 0.333. The third-order valence-electron chi connectivity index (χ3n) is 3.95. The molecular weight excluding hydrogens is 260 g/mol. The van der Waals surface area contributed by atoms with E-state index in [9.17, 15) is 0 Å². The van der Waals surface area contributed by atoms with E-state index in [4.69, 9.17) is 10.5 Å². The Morgan fingerprint density at radius 2 is 1.90 bits per heavy atom. The Morgan fingerprint density at radius 1 is 1.14 bits per heavy atom. The van der Waals surface area contributed by atoms with Gasteiger partial charge in [0.25, 0.3) is 0 Å². The lowest BCUT2D eigenvalue weighted by Gasteiger charge is -2.31. The number of likely N-dealkylation sites (N-methyl/N-ethyl adjacent to an activating group) is 1. The fourth-order valence-corrected chi connectivity index (χ4v) is 2.68. The van der Waals surface area contributed by atoms with Crippen molar-refractivity contribution in [3.05, 3.63) is 59.7 Å². The first kappa shape index (κ1) is 15.4. The molecule has 112 valence electrons. The molecular formula is C18H24N2O. The molecule has 0 heterocycles. The Labute approximate surface area is 127 Å². The smallest absolute Gasteiger partial charge is 0.120 e. The molecule has 0 saturated carbocycles. The van der Waals surface area contributed by atoms with Gasteiger partial charge in [0.05, 0.1) is 13.2 Å². The molecule has 0 saturated heterocycles. The molecule has 3 nitrogen and oxygen atoms in total.